The molecule has 9 nitrogen and oxygen atoms in total. The molecule has 0 heterocycles. The number of nitrogens with one attached hydrogen (secondary N) is 3. The Balaban J connectivity index is 1.63. The van der Waals surface area contributed by atoms with Gasteiger partial charge >= 0.3 is 0 Å². The average molecular weight is 467 g/mol. The molecule has 0 bridgehead atoms. The lowest BCUT2D eigenvalue weighted by atomic mass is 10.1. The maximum atomic E-state index is 12.5. The van der Waals surface area contributed by atoms with Crippen molar-refractivity contribution in [1.29, 1.82) is 0 Å². The van der Waals surface area contributed by atoms with Crippen molar-refractivity contribution in [1.82, 2.24) is 4.72 Å². The van der Waals surface area contributed by atoms with Gasteiger partial charge in [0.05, 0.1) is 16.1 Å². The van der Waals surface area contributed by atoms with Crippen LogP contribution in [0.15, 0.2) is 77.7 Å². The van der Waals surface area contributed by atoms with E-state index in [2.05, 4.69) is 15.4 Å². The van der Waals surface area contributed by atoms with Gasteiger partial charge in [0.2, 0.25) is 15.9 Å². The van der Waals surface area contributed by atoms with Crippen molar-refractivity contribution in [2.45, 2.75) is 18.4 Å². The Morgan fingerprint density at radius 3 is 2.09 bits per heavy atom. The highest BCUT2D eigenvalue weighted by molar-refractivity contribution is 7.89. The minimum absolute atomic E-state index is 0.0161. The van der Waals surface area contributed by atoms with Crippen LogP contribution in [-0.4, -0.2) is 26.1 Å². The third-order valence-electron chi connectivity index (χ3n) is 4.61. The van der Waals surface area contributed by atoms with Crippen LogP contribution in [0, 0.1) is 0 Å². The number of sulfonamides is 1. The maximum Gasteiger partial charge on any atom is 0.255 e. The Bertz CT molecular complexity index is 1290. The molecule has 0 unspecified atom stereocenters. The fraction of sp³-hybridized carbons (Fsp3) is 0.0870. The number of rotatable bonds is 8. The van der Waals surface area contributed by atoms with Crippen LogP contribution in [0.4, 0.5) is 11.4 Å². The molecule has 3 aromatic rings. The monoisotopic (exact) mass is 466 g/mol. The number of para-hydroxylation sites is 1. The summed E-state index contributed by atoms with van der Waals surface area (Å²) in [6, 6.07) is 18.5. The second-order valence-corrected chi connectivity index (χ2v) is 8.86. The van der Waals surface area contributed by atoms with Crippen LogP contribution in [-0.2, 0) is 21.4 Å². The summed E-state index contributed by atoms with van der Waals surface area (Å²) in [5, 5.41) is 5.21. The number of hydrogen-bond acceptors (Lipinski definition) is 5. The quantitative estimate of drug-likeness (QED) is 0.403. The highest BCUT2D eigenvalue weighted by Gasteiger charge is 2.15. The summed E-state index contributed by atoms with van der Waals surface area (Å²) in [6.07, 6.45) is 0. The van der Waals surface area contributed by atoms with Gasteiger partial charge in [0.15, 0.2) is 0 Å². The lowest BCUT2D eigenvalue weighted by molar-refractivity contribution is -0.114. The molecular formula is C23H22N4O5S. The average Bonchev–Trinajstić information content (AvgIpc) is 2.78. The lowest BCUT2D eigenvalue weighted by Crippen LogP contribution is -2.23. The van der Waals surface area contributed by atoms with E-state index >= 15 is 0 Å². The summed E-state index contributed by atoms with van der Waals surface area (Å²) in [5.41, 5.74) is 7.28. The second-order valence-electron chi connectivity index (χ2n) is 7.09. The van der Waals surface area contributed by atoms with Gasteiger partial charge in [0, 0.05) is 24.7 Å². The molecule has 0 aliphatic heterocycles. The van der Waals surface area contributed by atoms with Gasteiger partial charge in [-0.1, -0.05) is 24.3 Å². The fourth-order valence-corrected chi connectivity index (χ4v) is 3.98. The van der Waals surface area contributed by atoms with Crippen LogP contribution < -0.4 is 21.1 Å². The molecule has 0 aliphatic carbocycles. The number of nitrogens with two attached hydrogens (primary N) is 1. The third-order valence-corrected chi connectivity index (χ3v) is 6.03. The molecule has 0 radical (unpaired) electrons. The first-order chi connectivity index (χ1) is 15.7. The Morgan fingerprint density at radius 1 is 0.848 bits per heavy atom. The van der Waals surface area contributed by atoms with Gasteiger partial charge in [0.1, 0.15) is 0 Å². The van der Waals surface area contributed by atoms with Crippen LogP contribution in [0.3, 0.4) is 0 Å². The SMILES string of the molecule is CC(=O)Nc1ccc(S(=O)(=O)NCc2ccc(C(=O)Nc3ccccc3C(N)=O)cc2)cc1. The zero-order chi connectivity index (χ0) is 24.0. The summed E-state index contributed by atoms with van der Waals surface area (Å²) < 4.78 is 27.5. The van der Waals surface area contributed by atoms with Crippen molar-refractivity contribution in [3.05, 3.63) is 89.5 Å². The number of anilines is 2. The largest absolute Gasteiger partial charge is 0.366 e. The Morgan fingerprint density at radius 2 is 1.48 bits per heavy atom. The minimum atomic E-state index is -3.77. The zero-order valence-electron chi connectivity index (χ0n) is 17.7. The topological polar surface area (TPSA) is 147 Å². The molecule has 0 spiro atoms. The van der Waals surface area contributed by atoms with E-state index in [1.807, 2.05) is 0 Å². The number of primary amides is 1. The Hall–Kier alpha value is -4.02. The zero-order valence-corrected chi connectivity index (χ0v) is 18.5. The van der Waals surface area contributed by atoms with Crippen molar-refractivity contribution >= 4 is 39.1 Å². The van der Waals surface area contributed by atoms with E-state index in [-0.39, 0.29) is 22.9 Å². The second kappa shape index (κ2) is 10.1. The predicted molar refractivity (Wildman–Crippen MR) is 124 cm³/mol. The standard InChI is InChI=1S/C23H22N4O5S/c1-15(28)26-18-10-12-19(13-11-18)33(31,32)25-14-16-6-8-17(9-7-16)23(30)27-21-5-3-2-4-20(21)22(24)29/h2-13,25H,14H2,1H3,(H2,24,29)(H,26,28)(H,27,30). The van der Waals surface area contributed by atoms with Crippen molar-refractivity contribution in [2.24, 2.45) is 5.73 Å². The molecule has 0 saturated carbocycles. The lowest BCUT2D eigenvalue weighted by Gasteiger charge is -2.10. The van der Waals surface area contributed by atoms with Crippen molar-refractivity contribution in [3.8, 4) is 0 Å². The normalized spacial score (nSPS) is 10.9. The first kappa shape index (κ1) is 23.6. The van der Waals surface area contributed by atoms with E-state index < -0.39 is 21.8 Å². The van der Waals surface area contributed by atoms with Gasteiger partial charge in [-0.15, -0.1) is 0 Å². The Labute approximate surface area is 191 Å². The molecule has 170 valence electrons. The smallest absolute Gasteiger partial charge is 0.255 e. The van der Waals surface area contributed by atoms with Crippen LogP contribution in [0.2, 0.25) is 0 Å². The molecule has 3 rings (SSSR count). The number of benzene rings is 3. The summed E-state index contributed by atoms with van der Waals surface area (Å²) >= 11 is 0. The highest BCUT2D eigenvalue weighted by atomic mass is 32.2. The predicted octanol–water partition coefficient (Wildman–Crippen LogP) is 2.47. The van der Waals surface area contributed by atoms with Crippen LogP contribution in [0.1, 0.15) is 33.2 Å². The Kier molecular flexibility index (Phi) is 7.21. The van der Waals surface area contributed by atoms with E-state index in [1.54, 1.807) is 42.5 Å². The first-order valence-electron chi connectivity index (χ1n) is 9.82. The molecular weight excluding hydrogens is 444 g/mol. The van der Waals surface area contributed by atoms with Gasteiger partial charge in [-0.3, -0.25) is 14.4 Å². The number of amides is 3. The number of carbonyl (C=O) groups excluding carboxylic acids is 3. The van der Waals surface area contributed by atoms with Crippen LogP contribution >= 0.6 is 0 Å². The van der Waals surface area contributed by atoms with Gasteiger partial charge < -0.3 is 16.4 Å². The van der Waals surface area contributed by atoms with E-state index in [4.69, 9.17) is 5.73 Å². The first-order valence-corrected chi connectivity index (χ1v) is 11.3. The van der Waals surface area contributed by atoms with Crippen LogP contribution in [0.5, 0.6) is 0 Å². The van der Waals surface area contributed by atoms with E-state index in [9.17, 15) is 22.8 Å². The molecule has 0 fully saturated rings. The maximum absolute atomic E-state index is 12.5. The van der Waals surface area contributed by atoms with Gasteiger partial charge in [-0.25, -0.2) is 13.1 Å². The minimum Gasteiger partial charge on any atom is -0.366 e. The van der Waals surface area contributed by atoms with Gasteiger partial charge in [-0.05, 0) is 54.1 Å². The number of carbonyl (C=O) groups is 3. The summed E-state index contributed by atoms with van der Waals surface area (Å²) in [4.78, 5) is 35.1. The number of hydrogen-bond donors (Lipinski definition) is 4. The molecule has 0 atom stereocenters. The van der Waals surface area contributed by atoms with Crippen molar-refractivity contribution in [2.75, 3.05) is 10.6 Å². The fourth-order valence-electron chi connectivity index (χ4n) is 2.96. The van der Waals surface area contributed by atoms with Crippen molar-refractivity contribution < 1.29 is 22.8 Å². The van der Waals surface area contributed by atoms with Crippen molar-refractivity contribution in [3.63, 3.8) is 0 Å². The molecule has 5 N–H and O–H groups in total. The van der Waals surface area contributed by atoms with Gasteiger partial charge in [-0.2, -0.15) is 0 Å². The summed E-state index contributed by atoms with van der Waals surface area (Å²) in [6.45, 7) is 1.38. The molecule has 33 heavy (non-hydrogen) atoms. The van der Waals surface area contributed by atoms with E-state index in [0.29, 0.717) is 22.5 Å². The third kappa shape index (κ3) is 6.25. The summed E-state index contributed by atoms with van der Waals surface area (Å²) in [5.74, 6) is -1.34. The molecule has 3 amide bonds. The van der Waals surface area contributed by atoms with E-state index in [1.165, 1.54) is 37.3 Å². The summed E-state index contributed by atoms with van der Waals surface area (Å²) in [7, 11) is -3.77. The van der Waals surface area contributed by atoms with Gasteiger partial charge in [0.25, 0.3) is 11.8 Å². The molecule has 10 heteroatoms. The van der Waals surface area contributed by atoms with E-state index in [0.717, 1.165) is 0 Å². The molecule has 0 saturated heterocycles. The molecule has 0 aliphatic rings. The molecule has 0 aromatic heterocycles. The molecule has 3 aromatic carbocycles. The highest BCUT2D eigenvalue weighted by Crippen LogP contribution is 2.17. The van der Waals surface area contributed by atoms with Crippen LogP contribution in [0.25, 0.3) is 0 Å².